The highest BCUT2D eigenvalue weighted by Gasteiger charge is 2.27. The van der Waals surface area contributed by atoms with E-state index in [9.17, 15) is 0 Å². The Morgan fingerprint density at radius 2 is 1.96 bits per heavy atom. The van der Waals surface area contributed by atoms with Crippen molar-refractivity contribution in [3.05, 3.63) is 41.6 Å². The predicted molar refractivity (Wildman–Crippen MR) is 99.4 cm³/mol. The van der Waals surface area contributed by atoms with Gasteiger partial charge in [0.1, 0.15) is 0 Å². The van der Waals surface area contributed by atoms with E-state index < -0.39 is 0 Å². The molecule has 25 heavy (non-hydrogen) atoms. The molecule has 0 N–H and O–H groups in total. The van der Waals surface area contributed by atoms with E-state index in [-0.39, 0.29) is 0 Å². The van der Waals surface area contributed by atoms with Gasteiger partial charge in [-0.05, 0) is 37.8 Å². The quantitative estimate of drug-likeness (QED) is 0.842. The lowest BCUT2D eigenvalue weighted by Crippen LogP contribution is -2.36. The van der Waals surface area contributed by atoms with Gasteiger partial charge in [0.05, 0.1) is 5.69 Å². The van der Waals surface area contributed by atoms with Crippen molar-refractivity contribution in [3.8, 4) is 5.75 Å². The van der Waals surface area contributed by atoms with Gasteiger partial charge in [0.25, 0.3) is 0 Å². The molecule has 0 spiro atoms. The average Bonchev–Trinajstić information content (AvgIpc) is 2.63. The van der Waals surface area contributed by atoms with Gasteiger partial charge >= 0.3 is 0 Å². The Morgan fingerprint density at radius 3 is 2.72 bits per heavy atom. The first-order valence-corrected chi connectivity index (χ1v) is 8.81. The van der Waals surface area contributed by atoms with Crippen molar-refractivity contribution < 1.29 is 4.74 Å². The number of aromatic nitrogens is 2. The summed E-state index contributed by atoms with van der Waals surface area (Å²) in [5.41, 5.74) is 1.78. The second-order valence-corrected chi connectivity index (χ2v) is 6.85. The fourth-order valence-corrected chi connectivity index (χ4v) is 3.38. The van der Waals surface area contributed by atoms with Crippen LogP contribution in [0.15, 0.2) is 35.4 Å². The minimum atomic E-state index is 0.571. The van der Waals surface area contributed by atoms with E-state index in [1.54, 1.807) is 5.01 Å². The Morgan fingerprint density at radius 1 is 1.16 bits per heavy atom. The van der Waals surface area contributed by atoms with Gasteiger partial charge in [-0.25, -0.2) is 9.99 Å². The van der Waals surface area contributed by atoms with E-state index in [1.165, 1.54) is 12.8 Å². The first-order valence-electron chi connectivity index (χ1n) is 8.81. The smallest absolute Gasteiger partial charge is 0.244 e. The van der Waals surface area contributed by atoms with Crippen molar-refractivity contribution in [2.45, 2.75) is 26.7 Å². The summed E-state index contributed by atoms with van der Waals surface area (Å²) in [5, 5.41) is 6.34. The van der Waals surface area contributed by atoms with Crippen molar-refractivity contribution in [1.29, 1.82) is 0 Å². The van der Waals surface area contributed by atoms with E-state index >= 15 is 0 Å². The van der Waals surface area contributed by atoms with E-state index in [4.69, 9.17) is 14.7 Å². The van der Waals surface area contributed by atoms with Crippen molar-refractivity contribution in [2.24, 2.45) is 11.0 Å². The number of piperidine rings is 1. The number of anilines is 2. The Hall–Kier alpha value is -2.63. The zero-order chi connectivity index (χ0) is 17.4. The summed E-state index contributed by atoms with van der Waals surface area (Å²) in [6.45, 7) is 6.26. The number of aryl methyl sites for hydroxylation is 1. The van der Waals surface area contributed by atoms with Crippen LogP contribution in [0.5, 0.6) is 5.75 Å². The van der Waals surface area contributed by atoms with Gasteiger partial charge in [0.15, 0.2) is 11.6 Å². The van der Waals surface area contributed by atoms with Gasteiger partial charge in [-0.1, -0.05) is 25.1 Å². The molecule has 1 saturated heterocycles. The van der Waals surface area contributed by atoms with Gasteiger partial charge in [-0.15, -0.1) is 5.10 Å². The van der Waals surface area contributed by atoms with Gasteiger partial charge < -0.3 is 9.64 Å². The number of hydrazone groups is 1. The van der Waals surface area contributed by atoms with Crippen LogP contribution in [-0.4, -0.2) is 36.0 Å². The van der Waals surface area contributed by atoms with E-state index in [2.05, 4.69) is 16.9 Å². The van der Waals surface area contributed by atoms with Crippen LogP contribution < -0.4 is 14.6 Å². The largest absolute Gasteiger partial charge is 0.431 e. The normalized spacial score (nSPS) is 20.0. The third-order valence-electron chi connectivity index (χ3n) is 4.71. The molecule has 6 nitrogen and oxygen atoms in total. The van der Waals surface area contributed by atoms with Gasteiger partial charge in [-0.3, -0.25) is 0 Å². The molecule has 1 aromatic carbocycles. The zero-order valence-corrected chi connectivity index (χ0v) is 14.9. The molecule has 2 aliphatic rings. The Balaban J connectivity index is 1.68. The van der Waals surface area contributed by atoms with Crippen LogP contribution in [0.2, 0.25) is 0 Å². The Kier molecular flexibility index (Phi) is 4.03. The molecule has 2 aromatic rings. The predicted octanol–water partition coefficient (Wildman–Crippen LogP) is 3.21. The number of nitrogens with zero attached hydrogens (tertiary/aromatic N) is 5. The highest BCUT2D eigenvalue weighted by molar-refractivity contribution is 5.98. The number of hydrogen-bond donors (Lipinski definition) is 0. The fraction of sp³-hybridized carbons (Fsp3) is 0.421. The second kappa shape index (κ2) is 6.35. The molecule has 0 bridgehead atoms. The summed E-state index contributed by atoms with van der Waals surface area (Å²) in [6.07, 6.45) is 2.46. The lowest BCUT2D eigenvalue weighted by Gasteiger charge is -2.32. The van der Waals surface area contributed by atoms with Crippen molar-refractivity contribution in [1.82, 2.24) is 9.97 Å². The number of fused-ring (bicyclic) bond motifs is 1. The molecular weight excluding hydrogens is 314 g/mol. The van der Waals surface area contributed by atoms with Crippen LogP contribution in [-0.2, 0) is 0 Å². The zero-order valence-electron chi connectivity index (χ0n) is 14.9. The first-order chi connectivity index (χ1) is 12.1. The van der Waals surface area contributed by atoms with Crippen LogP contribution in [0.3, 0.4) is 0 Å². The highest BCUT2D eigenvalue weighted by Crippen LogP contribution is 2.35. The van der Waals surface area contributed by atoms with E-state index in [0.717, 1.165) is 36.1 Å². The molecular formula is C19H23N5O. The molecule has 130 valence electrons. The summed E-state index contributed by atoms with van der Waals surface area (Å²) in [5.74, 6) is 3.43. The topological polar surface area (TPSA) is 53.9 Å². The first kappa shape index (κ1) is 15.9. The molecule has 1 atom stereocenters. The van der Waals surface area contributed by atoms with Gasteiger partial charge in [-0.2, -0.15) is 4.98 Å². The minimum absolute atomic E-state index is 0.571. The molecule has 4 rings (SSSR count). The molecule has 0 unspecified atom stereocenters. The van der Waals surface area contributed by atoms with Crippen molar-refractivity contribution in [2.75, 3.05) is 30.0 Å². The van der Waals surface area contributed by atoms with E-state index in [0.29, 0.717) is 17.6 Å². The molecule has 3 heterocycles. The fourth-order valence-electron chi connectivity index (χ4n) is 3.38. The summed E-state index contributed by atoms with van der Waals surface area (Å²) >= 11 is 0. The number of ether oxygens (including phenoxy) is 1. The maximum absolute atomic E-state index is 6.05. The standard InChI is InChI=1S/C19H23N5O/c1-13-8-7-11-24(12-13)19-20-14(2)16-17(21-19)23(3)22-18(25-16)15-9-5-4-6-10-15/h4-6,9-10,13H,7-8,11-12H2,1-3H3/t13-/m0/s1. The minimum Gasteiger partial charge on any atom is -0.431 e. The summed E-state index contributed by atoms with van der Waals surface area (Å²) < 4.78 is 6.05. The van der Waals surface area contributed by atoms with Crippen molar-refractivity contribution in [3.63, 3.8) is 0 Å². The van der Waals surface area contributed by atoms with Crippen LogP contribution >= 0.6 is 0 Å². The van der Waals surface area contributed by atoms with Crippen LogP contribution in [0.4, 0.5) is 11.8 Å². The lowest BCUT2D eigenvalue weighted by atomic mass is 10.0. The Labute approximate surface area is 148 Å². The monoisotopic (exact) mass is 337 g/mol. The molecule has 0 amide bonds. The number of rotatable bonds is 2. The summed E-state index contributed by atoms with van der Waals surface area (Å²) in [7, 11) is 1.90. The Bertz CT molecular complexity index is 805. The third-order valence-corrected chi connectivity index (χ3v) is 4.71. The average molecular weight is 337 g/mol. The molecule has 0 aliphatic carbocycles. The molecule has 2 aliphatic heterocycles. The summed E-state index contributed by atoms with van der Waals surface area (Å²) in [6, 6.07) is 9.89. The van der Waals surface area contributed by atoms with E-state index in [1.807, 2.05) is 44.3 Å². The lowest BCUT2D eigenvalue weighted by molar-refractivity contribution is 0.440. The SMILES string of the molecule is Cc1nc(N2CCC[C@H](C)C2)nc2c1OC(c1ccccc1)=NN2C. The molecule has 0 saturated carbocycles. The van der Waals surface area contributed by atoms with Crippen molar-refractivity contribution >= 4 is 17.7 Å². The molecule has 1 aromatic heterocycles. The van der Waals surface area contributed by atoms with Gasteiger partial charge in [0, 0.05) is 25.7 Å². The number of benzene rings is 1. The maximum Gasteiger partial charge on any atom is 0.244 e. The molecule has 6 heteroatoms. The summed E-state index contributed by atoms with van der Waals surface area (Å²) in [4.78, 5) is 11.7. The second-order valence-electron chi connectivity index (χ2n) is 6.85. The van der Waals surface area contributed by atoms with Gasteiger partial charge in [0.2, 0.25) is 11.8 Å². The molecule has 0 radical (unpaired) electrons. The third kappa shape index (κ3) is 3.04. The maximum atomic E-state index is 6.05. The van der Waals surface area contributed by atoms with Crippen LogP contribution in [0, 0.1) is 12.8 Å². The van der Waals surface area contributed by atoms with Crippen LogP contribution in [0.1, 0.15) is 31.0 Å². The number of hydrogen-bond acceptors (Lipinski definition) is 6. The van der Waals surface area contributed by atoms with Crippen LogP contribution in [0.25, 0.3) is 0 Å². The molecule has 1 fully saturated rings. The highest BCUT2D eigenvalue weighted by atomic mass is 16.5.